The number of benzene rings is 1. The Hall–Kier alpha value is -0.940. The number of hydrogen-bond donors (Lipinski definition) is 1. The van der Waals surface area contributed by atoms with Crippen LogP contribution >= 0.6 is 11.6 Å². The SMILES string of the molecule is CC1CNC(C)(C)CN1c1cc(Cl)cc(C(F)(F)F)c1. The maximum Gasteiger partial charge on any atom is 0.416 e. The summed E-state index contributed by atoms with van der Waals surface area (Å²) < 4.78 is 38.6. The van der Waals surface area contributed by atoms with E-state index in [0.717, 1.165) is 12.6 Å². The highest BCUT2D eigenvalue weighted by atomic mass is 35.5. The van der Waals surface area contributed by atoms with Crippen LogP contribution in [0.3, 0.4) is 0 Å². The van der Waals surface area contributed by atoms with E-state index in [9.17, 15) is 13.2 Å². The largest absolute Gasteiger partial charge is 0.416 e. The van der Waals surface area contributed by atoms with Crippen molar-refractivity contribution in [2.75, 3.05) is 18.0 Å². The van der Waals surface area contributed by atoms with E-state index in [0.29, 0.717) is 12.2 Å². The highest BCUT2D eigenvalue weighted by Gasteiger charge is 2.34. The molecule has 2 nitrogen and oxygen atoms in total. The van der Waals surface area contributed by atoms with Gasteiger partial charge < -0.3 is 10.2 Å². The molecule has 1 aromatic carbocycles. The van der Waals surface area contributed by atoms with Gasteiger partial charge in [0.15, 0.2) is 0 Å². The molecule has 0 bridgehead atoms. The molecule has 0 spiro atoms. The van der Waals surface area contributed by atoms with Crippen molar-refractivity contribution in [1.29, 1.82) is 0 Å². The number of piperazine rings is 1. The van der Waals surface area contributed by atoms with Crippen molar-refractivity contribution in [2.45, 2.75) is 38.5 Å². The fraction of sp³-hybridized carbons (Fsp3) is 0.571. The first kappa shape index (κ1) is 15.4. The molecule has 112 valence electrons. The average Bonchev–Trinajstić information content (AvgIpc) is 2.30. The van der Waals surface area contributed by atoms with E-state index < -0.39 is 11.7 Å². The van der Waals surface area contributed by atoms with Crippen LogP contribution in [0, 0.1) is 0 Å². The molecule has 1 N–H and O–H groups in total. The lowest BCUT2D eigenvalue weighted by atomic mass is 9.98. The number of alkyl halides is 3. The maximum atomic E-state index is 12.9. The van der Waals surface area contributed by atoms with Crippen molar-refractivity contribution in [2.24, 2.45) is 0 Å². The van der Waals surface area contributed by atoms with Gasteiger partial charge in [-0.1, -0.05) is 11.6 Å². The van der Waals surface area contributed by atoms with E-state index in [1.807, 2.05) is 25.7 Å². The van der Waals surface area contributed by atoms with Crippen LogP contribution in [0.1, 0.15) is 26.3 Å². The van der Waals surface area contributed by atoms with Gasteiger partial charge in [-0.15, -0.1) is 0 Å². The topological polar surface area (TPSA) is 15.3 Å². The maximum absolute atomic E-state index is 12.9. The van der Waals surface area contributed by atoms with Crippen molar-refractivity contribution in [3.05, 3.63) is 28.8 Å². The summed E-state index contributed by atoms with van der Waals surface area (Å²) in [7, 11) is 0. The van der Waals surface area contributed by atoms with E-state index >= 15 is 0 Å². The molecule has 1 unspecified atom stereocenters. The summed E-state index contributed by atoms with van der Waals surface area (Å²) in [6.07, 6.45) is -4.38. The summed E-state index contributed by atoms with van der Waals surface area (Å²) in [5, 5.41) is 3.48. The molecule has 0 aliphatic carbocycles. The Balaban J connectivity index is 2.39. The van der Waals surface area contributed by atoms with Crippen LogP contribution in [0.2, 0.25) is 5.02 Å². The first-order valence-corrected chi connectivity index (χ1v) is 6.86. The zero-order valence-corrected chi connectivity index (χ0v) is 12.4. The lowest BCUT2D eigenvalue weighted by Gasteiger charge is -2.45. The Kier molecular flexibility index (Phi) is 3.95. The zero-order chi connectivity index (χ0) is 15.1. The molecule has 0 saturated carbocycles. The Morgan fingerprint density at radius 2 is 1.95 bits per heavy atom. The van der Waals surface area contributed by atoms with Crippen molar-refractivity contribution in [1.82, 2.24) is 5.32 Å². The van der Waals surface area contributed by atoms with E-state index in [1.165, 1.54) is 6.07 Å². The minimum absolute atomic E-state index is 0.110. The number of nitrogens with zero attached hydrogens (tertiary/aromatic N) is 1. The lowest BCUT2D eigenvalue weighted by Crippen LogP contribution is -2.61. The van der Waals surface area contributed by atoms with E-state index in [-0.39, 0.29) is 16.6 Å². The zero-order valence-electron chi connectivity index (χ0n) is 11.7. The summed E-state index contributed by atoms with van der Waals surface area (Å²) in [5.74, 6) is 0. The third-order valence-corrected chi connectivity index (χ3v) is 3.73. The standard InChI is InChI=1S/C14H18ClF3N2/c1-9-7-19-13(2,3)8-20(9)12-5-10(14(16,17)18)4-11(15)6-12/h4-6,9,19H,7-8H2,1-3H3. The number of halogens is 4. The van der Waals surface area contributed by atoms with Crippen LogP contribution in [0.15, 0.2) is 18.2 Å². The van der Waals surface area contributed by atoms with Crippen LogP contribution in [-0.4, -0.2) is 24.7 Å². The molecule has 0 aromatic heterocycles. The number of rotatable bonds is 1. The second-order valence-electron chi connectivity index (χ2n) is 5.94. The van der Waals surface area contributed by atoms with Crippen LogP contribution in [-0.2, 0) is 6.18 Å². The van der Waals surface area contributed by atoms with Gasteiger partial charge in [0.1, 0.15) is 0 Å². The predicted molar refractivity (Wildman–Crippen MR) is 75.3 cm³/mol. The molecule has 2 rings (SSSR count). The average molecular weight is 307 g/mol. The van der Waals surface area contributed by atoms with Gasteiger partial charge in [0.25, 0.3) is 0 Å². The van der Waals surface area contributed by atoms with Gasteiger partial charge >= 0.3 is 6.18 Å². The Bertz CT molecular complexity index is 500. The van der Waals surface area contributed by atoms with Crippen LogP contribution in [0.4, 0.5) is 18.9 Å². The number of anilines is 1. The monoisotopic (exact) mass is 306 g/mol. The first-order valence-electron chi connectivity index (χ1n) is 6.48. The number of hydrogen-bond acceptors (Lipinski definition) is 2. The van der Waals surface area contributed by atoms with Gasteiger partial charge in [-0.05, 0) is 39.0 Å². The third-order valence-electron chi connectivity index (χ3n) is 3.52. The van der Waals surface area contributed by atoms with E-state index in [2.05, 4.69) is 5.32 Å². The van der Waals surface area contributed by atoms with Gasteiger partial charge in [0, 0.05) is 35.4 Å². The second kappa shape index (κ2) is 5.11. The van der Waals surface area contributed by atoms with Crippen LogP contribution in [0.5, 0.6) is 0 Å². The summed E-state index contributed by atoms with van der Waals surface area (Å²) in [5.41, 5.74) is -0.330. The van der Waals surface area contributed by atoms with Crippen molar-refractivity contribution < 1.29 is 13.2 Å². The number of nitrogens with one attached hydrogen (secondary N) is 1. The Morgan fingerprint density at radius 1 is 1.30 bits per heavy atom. The van der Waals surface area contributed by atoms with Gasteiger partial charge in [-0.25, -0.2) is 0 Å². The normalized spacial score (nSPS) is 22.9. The molecule has 0 amide bonds. The molecule has 6 heteroatoms. The molecule has 1 aliphatic heterocycles. The van der Waals surface area contributed by atoms with Crippen molar-refractivity contribution in [3.63, 3.8) is 0 Å². The van der Waals surface area contributed by atoms with Crippen molar-refractivity contribution >= 4 is 17.3 Å². The van der Waals surface area contributed by atoms with Gasteiger partial charge in [-0.3, -0.25) is 0 Å². The molecule has 0 radical (unpaired) electrons. The Labute approximate surface area is 121 Å². The van der Waals surface area contributed by atoms with Crippen LogP contribution in [0.25, 0.3) is 0 Å². The quantitative estimate of drug-likeness (QED) is 0.845. The smallest absolute Gasteiger partial charge is 0.366 e. The Morgan fingerprint density at radius 3 is 2.55 bits per heavy atom. The molecule has 1 atom stereocenters. The lowest BCUT2D eigenvalue weighted by molar-refractivity contribution is -0.137. The summed E-state index contributed by atoms with van der Waals surface area (Å²) in [6, 6.07) is 3.84. The second-order valence-corrected chi connectivity index (χ2v) is 6.37. The molecule has 20 heavy (non-hydrogen) atoms. The molecule has 1 saturated heterocycles. The van der Waals surface area contributed by atoms with Gasteiger partial charge in [0.05, 0.1) is 5.56 Å². The summed E-state index contributed by atoms with van der Waals surface area (Å²) in [4.78, 5) is 1.97. The van der Waals surface area contributed by atoms with E-state index in [4.69, 9.17) is 11.6 Å². The fourth-order valence-electron chi connectivity index (χ4n) is 2.42. The highest BCUT2D eigenvalue weighted by molar-refractivity contribution is 6.31. The molecule has 1 aliphatic rings. The molecule has 1 fully saturated rings. The van der Waals surface area contributed by atoms with Crippen LogP contribution < -0.4 is 10.2 Å². The summed E-state index contributed by atoms with van der Waals surface area (Å²) >= 11 is 5.85. The predicted octanol–water partition coefficient (Wildman–Crippen LogP) is 3.94. The fourth-order valence-corrected chi connectivity index (χ4v) is 2.65. The highest BCUT2D eigenvalue weighted by Crippen LogP contribution is 2.35. The van der Waals surface area contributed by atoms with E-state index in [1.54, 1.807) is 6.07 Å². The minimum atomic E-state index is -4.38. The minimum Gasteiger partial charge on any atom is -0.366 e. The third kappa shape index (κ3) is 3.38. The molecular weight excluding hydrogens is 289 g/mol. The first-order chi connectivity index (χ1) is 9.08. The summed E-state index contributed by atoms with van der Waals surface area (Å²) in [6.45, 7) is 7.39. The van der Waals surface area contributed by atoms with Crippen molar-refractivity contribution in [3.8, 4) is 0 Å². The molecule has 1 heterocycles. The molecular formula is C14H18ClF3N2. The van der Waals surface area contributed by atoms with Gasteiger partial charge in [0.2, 0.25) is 0 Å². The molecule has 1 aromatic rings. The van der Waals surface area contributed by atoms with Gasteiger partial charge in [-0.2, -0.15) is 13.2 Å².